The molecular formula is C23H30N2O5. The van der Waals surface area contributed by atoms with Gasteiger partial charge in [0.25, 0.3) is 0 Å². The first-order chi connectivity index (χ1) is 14.2. The number of fused-ring (bicyclic) bond motifs is 1. The second kappa shape index (κ2) is 9.32. The number of esters is 1. The maximum absolute atomic E-state index is 13.3. The summed E-state index contributed by atoms with van der Waals surface area (Å²) < 4.78 is 10.8. The quantitative estimate of drug-likeness (QED) is 0.603. The molecule has 7 heteroatoms. The Bertz CT molecular complexity index is 800. The molecule has 2 amide bonds. The van der Waals surface area contributed by atoms with Crippen molar-refractivity contribution in [2.45, 2.75) is 76.8 Å². The Morgan fingerprint density at radius 3 is 2.50 bits per heavy atom. The highest BCUT2D eigenvalue weighted by Crippen LogP contribution is 2.30. The number of alkyl carbamates (subject to hydrolysis) is 1. The molecule has 0 radical (unpaired) electrons. The van der Waals surface area contributed by atoms with E-state index in [2.05, 4.69) is 5.32 Å². The Labute approximate surface area is 177 Å². The minimum Gasteiger partial charge on any atom is -0.459 e. The van der Waals surface area contributed by atoms with Crippen LogP contribution < -0.4 is 5.32 Å². The van der Waals surface area contributed by atoms with Gasteiger partial charge in [0.1, 0.15) is 24.3 Å². The molecule has 3 rings (SSSR count). The van der Waals surface area contributed by atoms with Crippen molar-refractivity contribution in [1.29, 1.82) is 0 Å². The predicted molar refractivity (Wildman–Crippen MR) is 111 cm³/mol. The lowest BCUT2D eigenvalue weighted by Gasteiger charge is -2.33. The van der Waals surface area contributed by atoms with E-state index in [1.54, 1.807) is 25.7 Å². The topological polar surface area (TPSA) is 84.9 Å². The van der Waals surface area contributed by atoms with Crippen molar-refractivity contribution in [3.8, 4) is 0 Å². The number of ether oxygens (including phenoxy) is 2. The number of carbonyl (C=O) groups is 3. The summed E-state index contributed by atoms with van der Waals surface area (Å²) in [5.41, 5.74) is 0.233. The van der Waals surface area contributed by atoms with E-state index in [0.29, 0.717) is 19.3 Å². The van der Waals surface area contributed by atoms with Gasteiger partial charge in [-0.25, -0.2) is 9.59 Å². The van der Waals surface area contributed by atoms with Gasteiger partial charge in [-0.15, -0.1) is 0 Å². The van der Waals surface area contributed by atoms with Gasteiger partial charge in [-0.05, 0) is 52.0 Å². The Morgan fingerprint density at radius 1 is 1.10 bits per heavy atom. The molecule has 0 aliphatic carbocycles. The molecule has 0 saturated carbocycles. The zero-order valence-electron chi connectivity index (χ0n) is 17.8. The van der Waals surface area contributed by atoms with Crippen LogP contribution in [0.4, 0.5) is 4.79 Å². The van der Waals surface area contributed by atoms with Crippen LogP contribution in [-0.2, 0) is 25.7 Å². The van der Waals surface area contributed by atoms with Crippen molar-refractivity contribution in [3.63, 3.8) is 0 Å². The van der Waals surface area contributed by atoms with Crippen LogP contribution in [0.2, 0.25) is 0 Å². The van der Waals surface area contributed by atoms with Gasteiger partial charge in [0.2, 0.25) is 5.91 Å². The fourth-order valence-corrected chi connectivity index (χ4v) is 3.84. The van der Waals surface area contributed by atoms with E-state index in [1.165, 1.54) is 0 Å². The third-order valence-electron chi connectivity index (χ3n) is 5.19. The number of hydrogen-bond donors (Lipinski definition) is 1. The van der Waals surface area contributed by atoms with Crippen LogP contribution in [0.25, 0.3) is 0 Å². The van der Waals surface area contributed by atoms with E-state index in [4.69, 9.17) is 9.47 Å². The maximum Gasteiger partial charge on any atom is 0.408 e. The summed E-state index contributed by atoms with van der Waals surface area (Å²) >= 11 is 0. The van der Waals surface area contributed by atoms with Gasteiger partial charge in [0.15, 0.2) is 0 Å². The molecule has 1 saturated heterocycles. The van der Waals surface area contributed by atoms with Crippen LogP contribution >= 0.6 is 0 Å². The number of hydrogen-bond acceptors (Lipinski definition) is 5. The van der Waals surface area contributed by atoms with Crippen LogP contribution in [-0.4, -0.2) is 46.6 Å². The zero-order chi connectivity index (χ0) is 21.7. The van der Waals surface area contributed by atoms with Crippen molar-refractivity contribution in [3.05, 3.63) is 48.0 Å². The average Bonchev–Trinajstić information content (AvgIpc) is 3.09. The Kier molecular flexibility index (Phi) is 6.80. The summed E-state index contributed by atoms with van der Waals surface area (Å²) in [6.45, 7) is 5.47. The molecule has 1 fully saturated rings. The molecular weight excluding hydrogens is 384 g/mol. The van der Waals surface area contributed by atoms with Gasteiger partial charge < -0.3 is 19.7 Å². The number of nitrogens with one attached hydrogen (secondary N) is 1. The highest BCUT2D eigenvalue weighted by Gasteiger charge is 2.44. The minimum atomic E-state index is -0.776. The first kappa shape index (κ1) is 21.9. The summed E-state index contributed by atoms with van der Waals surface area (Å²) in [5.74, 6) is -0.676. The fraction of sp³-hybridized carbons (Fsp3) is 0.522. The Balaban J connectivity index is 1.69. The molecule has 0 bridgehead atoms. The molecule has 1 aromatic carbocycles. The van der Waals surface area contributed by atoms with Gasteiger partial charge in [0.05, 0.1) is 0 Å². The smallest absolute Gasteiger partial charge is 0.408 e. The van der Waals surface area contributed by atoms with E-state index in [0.717, 1.165) is 12.0 Å². The van der Waals surface area contributed by atoms with Gasteiger partial charge in [0, 0.05) is 6.04 Å². The molecule has 3 atom stereocenters. The van der Waals surface area contributed by atoms with Crippen molar-refractivity contribution in [2.24, 2.45) is 0 Å². The van der Waals surface area contributed by atoms with Crippen molar-refractivity contribution >= 4 is 18.0 Å². The van der Waals surface area contributed by atoms with Crippen molar-refractivity contribution < 1.29 is 23.9 Å². The van der Waals surface area contributed by atoms with Crippen LogP contribution in [0.15, 0.2) is 42.5 Å². The molecule has 0 spiro atoms. The lowest BCUT2D eigenvalue weighted by Crippen LogP contribution is -2.55. The van der Waals surface area contributed by atoms with Crippen LogP contribution in [0.3, 0.4) is 0 Å². The summed E-state index contributed by atoms with van der Waals surface area (Å²) in [7, 11) is 0. The van der Waals surface area contributed by atoms with E-state index < -0.39 is 29.7 Å². The van der Waals surface area contributed by atoms with E-state index >= 15 is 0 Å². The van der Waals surface area contributed by atoms with Crippen LogP contribution in [0.5, 0.6) is 0 Å². The fourth-order valence-electron chi connectivity index (χ4n) is 3.84. The predicted octanol–water partition coefficient (Wildman–Crippen LogP) is 3.33. The molecule has 1 aromatic rings. The van der Waals surface area contributed by atoms with Gasteiger partial charge in [-0.1, -0.05) is 42.5 Å². The van der Waals surface area contributed by atoms with Crippen LogP contribution in [0.1, 0.15) is 52.0 Å². The largest absolute Gasteiger partial charge is 0.459 e. The van der Waals surface area contributed by atoms with E-state index in [-0.39, 0.29) is 18.6 Å². The van der Waals surface area contributed by atoms with Crippen molar-refractivity contribution in [1.82, 2.24) is 10.2 Å². The Hall–Kier alpha value is -2.83. The highest BCUT2D eigenvalue weighted by molar-refractivity contribution is 5.90. The first-order valence-electron chi connectivity index (χ1n) is 10.4. The normalized spacial score (nSPS) is 25.0. The van der Waals surface area contributed by atoms with Crippen LogP contribution in [0, 0.1) is 0 Å². The highest BCUT2D eigenvalue weighted by atomic mass is 16.6. The number of benzene rings is 1. The molecule has 2 aliphatic heterocycles. The molecule has 1 N–H and O–H groups in total. The second-order valence-corrected chi connectivity index (χ2v) is 8.73. The summed E-state index contributed by atoms with van der Waals surface area (Å²) in [5, 5.41) is 2.67. The number of rotatable bonds is 4. The third kappa shape index (κ3) is 5.62. The monoisotopic (exact) mass is 414 g/mol. The number of amides is 2. The second-order valence-electron chi connectivity index (χ2n) is 8.73. The molecule has 7 nitrogen and oxygen atoms in total. The average molecular weight is 415 g/mol. The number of carbonyl (C=O) groups excluding carboxylic acids is 3. The lowest BCUT2D eigenvalue weighted by molar-refractivity contribution is -0.156. The summed E-state index contributed by atoms with van der Waals surface area (Å²) in [6.07, 6.45) is 5.58. The van der Waals surface area contributed by atoms with Gasteiger partial charge in [-0.3, -0.25) is 4.79 Å². The summed E-state index contributed by atoms with van der Waals surface area (Å²) in [6, 6.07) is 7.95. The lowest BCUT2D eigenvalue weighted by atomic mass is 10.0. The summed E-state index contributed by atoms with van der Waals surface area (Å²) in [4.78, 5) is 39.9. The number of nitrogens with zero attached hydrogens (tertiary/aromatic N) is 1. The maximum atomic E-state index is 13.3. The van der Waals surface area contributed by atoms with E-state index in [9.17, 15) is 14.4 Å². The molecule has 2 heterocycles. The molecule has 30 heavy (non-hydrogen) atoms. The third-order valence-corrected chi connectivity index (χ3v) is 5.19. The van der Waals surface area contributed by atoms with E-state index in [1.807, 2.05) is 42.5 Å². The standard InChI is InChI=1S/C23H30N2O5/c1-23(2,3)30-22(28)24-18-12-8-7-11-17-13-14-19(25(17)20(18)26)21(27)29-15-16-9-5-4-6-10-16/h4-10,17-19H,11-15H2,1-3H3,(H,24,28)/b8-7-/t17?,18-,19-/m0/s1. The molecule has 0 aromatic heterocycles. The minimum absolute atomic E-state index is 0.0775. The molecule has 2 aliphatic rings. The SMILES string of the molecule is CC(C)(C)OC(=O)N[C@H]1C/C=C\CC2CC[C@@H](C(=O)OCc3ccccc3)N2C1=O. The van der Waals surface area contributed by atoms with Gasteiger partial charge in [-0.2, -0.15) is 0 Å². The molecule has 1 unspecified atom stereocenters. The Morgan fingerprint density at radius 2 is 1.80 bits per heavy atom. The first-order valence-corrected chi connectivity index (χ1v) is 10.4. The van der Waals surface area contributed by atoms with Gasteiger partial charge >= 0.3 is 12.1 Å². The molecule has 162 valence electrons. The van der Waals surface area contributed by atoms with Crippen molar-refractivity contribution in [2.75, 3.05) is 0 Å². The zero-order valence-corrected chi connectivity index (χ0v) is 17.8.